The van der Waals surface area contributed by atoms with Gasteiger partial charge in [-0.3, -0.25) is 9.59 Å². The second-order valence-corrected chi connectivity index (χ2v) is 6.43. The number of rotatable bonds is 5. The summed E-state index contributed by atoms with van der Waals surface area (Å²) in [6.45, 7) is 1.26. The monoisotopic (exact) mass is 344 g/mol. The number of likely N-dealkylation sites (tertiary alicyclic amines) is 1. The second kappa shape index (κ2) is 7.51. The Bertz CT molecular complexity index is 754. The van der Waals surface area contributed by atoms with Crippen molar-refractivity contribution < 1.29 is 18.4 Å². The zero-order valence-corrected chi connectivity index (χ0v) is 13.9. The summed E-state index contributed by atoms with van der Waals surface area (Å²) in [4.78, 5) is 25.6. The number of amides is 2. The fourth-order valence-corrected chi connectivity index (χ4v) is 3.31. The summed E-state index contributed by atoms with van der Waals surface area (Å²) in [5, 5.41) is 0. The van der Waals surface area contributed by atoms with Crippen LogP contribution in [0.4, 0.5) is 4.39 Å². The van der Waals surface area contributed by atoms with E-state index in [1.54, 1.807) is 23.1 Å². The number of nitrogens with zero attached hydrogens (tertiary/aromatic N) is 1. The van der Waals surface area contributed by atoms with Gasteiger partial charge in [0, 0.05) is 25.1 Å². The predicted octanol–water partition coefficient (Wildman–Crippen LogP) is 3.20. The van der Waals surface area contributed by atoms with Crippen LogP contribution in [-0.2, 0) is 4.79 Å². The summed E-state index contributed by atoms with van der Waals surface area (Å²) in [6, 6.07) is 7.69. The minimum atomic E-state index is -0.326. The van der Waals surface area contributed by atoms with E-state index in [2.05, 4.69) is 0 Å². The summed E-state index contributed by atoms with van der Waals surface area (Å²) in [6.07, 6.45) is 4.39. The Hall–Kier alpha value is -2.63. The molecule has 1 aromatic heterocycles. The highest BCUT2D eigenvalue weighted by molar-refractivity contribution is 5.98. The summed E-state index contributed by atoms with van der Waals surface area (Å²) in [5.41, 5.74) is 6.61. The number of furan rings is 1. The van der Waals surface area contributed by atoms with Crippen LogP contribution in [0.2, 0.25) is 0 Å². The molecule has 2 aromatic rings. The molecule has 3 rings (SSSR count). The first-order chi connectivity index (χ1) is 12.0. The minimum absolute atomic E-state index is 0.173. The van der Waals surface area contributed by atoms with Crippen molar-refractivity contribution in [1.29, 1.82) is 0 Å². The van der Waals surface area contributed by atoms with Gasteiger partial charge in [0.2, 0.25) is 5.91 Å². The number of carbonyl (C=O) groups excluding carboxylic acids is 2. The summed E-state index contributed by atoms with van der Waals surface area (Å²) in [5.74, 6) is -0.272. The van der Waals surface area contributed by atoms with Gasteiger partial charge in [-0.2, -0.15) is 0 Å². The highest BCUT2D eigenvalue weighted by Gasteiger charge is 2.28. The first-order valence-corrected chi connectivity index (χ1v) is 8.45. The van der Waals surface area contributed by atoms with Crippen LogP contribution in [0.15, 0.2) is 41.0 Å². The molecule has 6 heteroatoms. The molecule has 1 saturated heterocycles. The fraction of sp³-hybridized carbons (Fsp3) is 0.368. The Morgan fingerprint density at radius 3 is 2.72 bits per heavy atom. The van der Waals surface area contributed by atoms with Crippen LogP contribution < -0.4 is 5.73 Å². The van der Waals surface area contributed by atoms with Crippen molar-refractivity contribution in [1.82, 2.24) is 4.90 Å². The second-order valence-electron chi connectivity index (χ2n) is 6.43. The molecule has 0 aliphatic carbocycles. The molecule has 1 unspecified atom stereocenters. The van der Waals surface area contributed by atoms with Gasteiger partial charge in [-0.25, -0.2) is 4.39 Å². The van der Waals surface area contributed by atoms with Crippen molar-refractivity contribution in [3.63, 3.8) is 0 Å². The molecule has 0 spiro atoms. The third-order valence-corrected chi connectivity index (χ3v) is 4.62. The first-order valence-electron chi connectivity index (χ1n) is 8.45. The lowest BCUT2D eigenvalue weighted by atomic mass is 9.93. The number of piperidine rings is 1. The SMILES string of the molecule is NC(=O)CCC1CCCN(C(=O)c2occc2-c2ccc(F)cc2)C1. The van der Waals surface area contributed by atoms with Crippen LogP contribution in [0.3, 0.4) is 0 Å². The highest BCUT2D eigenvalue weighted by atomic mass is 19.1. The topological polar surface area (TPSA) is 76.5 Å². The maximum atomic E-state index is 13.1. The smallest absolute Gasteiger partial charge is 0.290 e. The van der Waals surface area contributed by atoms with Crippen LogP contribution in [-0.4, -0.2) is 29.8 Å². The molecule has 1 aliphatic rings. The van der Waals surface area contributed by atoms with Crippen LogP contribution in [0.1, 0.15) is 36.2 Å². The van der Waals surface area contributed by atoms with Gasteiger partial charge in [0.15, 0.2) is 5.76 Å². The molecule has 2 amide bonds. The largest absolute Gasteiger partial charge is 0.459 e. The number of carbonyl (C=O) groups is 2. The average Bonchev–Trinajstić information content (AvgIpc) is 3.10. The van der Waals surface area contributed by atoms with Crippen molar-refractivity contribution in [2.75, 3.05) is 13.1 Å². The lowest BCUT2D eigenvalue weighted by molar-refractivity contribution is -0.118. The fourth-order valence-electron chi connectivity index (χ4n) is 3.31. The molecule has 25 heavy (non-hydrogen) atoms. The Balaban J connectivity index is 1.74. The van der Waals surface area contributed by atoms with E-state index in [1.165, 1.54) is 18.4 Å². The van der Waals surface area contributed by atoms with Crippen molar-refractivity contribution >= 4 is 11.8 Å². The third-order valence-electron chi connectivity index (χ3n) is 4.62. The van der Waals surface area contributed by atoms with Gasteiger partial charge < -0.3 is 15.1 Å². The van der Waals surface area contributed by atoms with Crippen LogP contribution in [0.5, 0.6) is 0 Å². The predicted molar refractivity (Wildman–Crippen MR) is 91.2 cm³/mol. The van der Waals surface area contributed by atoms with Crippen molar-refractivity contribution in [3.05, 3.63) is 48.2 Å². The minimum Gasteiger partial charge on any atom is -0.459 e. The number of hydrogen-bond donors (Lipinski definition) is 1. The molecule has 132 valence electrons. The Morgan fingerprint density at radius 1 is 1.24 bits per heavy atom. The van der Waals surface area contributed by atoms with Gasteiger partial charge in [-0.15, -0.1) is 0 Å². The maximum absolute atomic E-state index is 13.1. The molecule has 1 atom stereocenters. The van der Waals surface area contributed by atoms with E-state index >= 15 is 0 Å². The first kappa shape index (κ1) is 17.2. The van der Waals surface area contributed by atoms with Gasteiger partial charge in [-0.1, -0.05) is 12.1 Å². The van der Waals surface area contributed by atoms with Gasteiger partial charge in [-0.05, 0) is 48.9 Å². The molecular weight excluding hydrogens is 323 g/mol. The number of benzene rings is 1. The molecule has 0 bridgehead atoms. The quantitative estimate of drug-likeness (QED) is 0.905. The molecule has 1 fully saturated rings. The van der Waals surface area contributed by atoms with Crippen LogP contribution in [0, 0.1) is 11.7 Å². The van der Waals surface area contributed by atoms with E-state index in [9.17, 15) is 14.0 Å². The molecule has 5 nitrogen and oxygen atoms in total. The van der Waals surface area contributed by atoms with E-state index in [1.807, 2.05) is 0 Å². The zero-order valence-electron chi connectivity index (χ0n) is 13.9. The van der Waals surface area contributed by atoms with E-state index in [0.717, 1.165) is 18.4 Å². The van der Waals surface area contributed by atoms with Crippen molar-refractivity contribution in [2.24, 2.45) is 11.7 Å². The maximum Gasteiger partial charge on any atom is 0.290 e. The summed E-state index contributed by atoms with van der Waals surface area (Å²) in [7, 11) is 0. The van der Waals surface area contributed by atoms with E-state index in [4.69, 9.17) is 10.2 Å². The number of hydrogen-bond acceptors (Lipinski definition) is 3. The van der Waals surface area contributed by atoms with Gasteiger partial charge in [0.25, 0.3) is 5.91 Å². The molecular formula is C19H21FN2O3. The zero-order chi connectivity index (χ0) is 17.8. The van der Waals surface area contributed by atoms with E-state index in [-0.39, 0.29) is 29.3 Å². The Morgan fingerprint density at radius 2 is 2.00 bits per heavy atom. The average molecular weight is 344 g/mol. The standard InChI is InChI=1S/C19H21FN2O3/c20-15-6-4-14(5-7-15)16-9-11-25-18(16)19(24)22-10-1-2-13(12-22)3-8-17(21)23/h4-7,9,11,13H,1-3,8,10,12H2,(H2,21,23). The molecule has 1 aromatic carbocycles. The molecule has 2 heterocycles. The van der Waals surface area contributed by atoms with Crippen LogP contribution in [0.25, 0.3) is 11.1 Å². The number of primary amides is 1. The van der Waals surface area contributed by atoms with Crippen LogP contribution >= 0.6 is 0 Å². The van der Waals surface area contributed by atoms with E-state index < -0.39 is 0 Å². The molecule has 1 aliphatic heterocycles. The Kier molecular flexibility index (Phi) is 5.16. The molecule has 0 radical (unpaired) electrons. The Labute approximate surface area is 145 Å². The van der Waals surface area contributed by atoms with Crippen molar-refractivity contribution in [3.8, 4) is 11.1 Å². The third kappa shape index (κ3) is 4.07. The summed E-state index contributed by atoms with van der Waals surface area (Å²) < 4.78 is 18.6. The summed E-state index contributed by atoms with van der Waals surface area (Å²) >= 11 is 0. The molecule has 2 N–H and O–H groups in total. The van der Waals surface area contributed by atoms with Gasteiger partial charge >= 0.3 is 0 Å². The van der Waals surface area contributed by atoms with Gasteiger partial charge in [0.05, 0.1) is 6.26 Å². The lowest BCUT2D eigenvalue weighted by Gasteiger charge is -2.32. The van der Waals surface area contributed by atoms with Crippen molar-refractivity contribution in [2.45, 2.75) is 25.7 Å². The highest BCUT2D eigenvalue weighted by Crippen LogP contribution is 2.28. The van der Waals surface area contributed by atoms with E-state index in [0.29, 0.717) is 31.5 Å². The normalized spacial score (nSPS) is 17.5. The molecule has 0 saturated carbocycles. The number of halogens is 1. The number of nitrogens with two attached hydrogens (primary N) is 1. The lowest BCUT2D eigenvalue weighted by Crippen LogP contribution is -2.40. The van der Waals surface area contributed by atoms with Gasteiger partial charge in [0.1, 0.15) is 5.82 Å².